The molecule has 122 valence electrons. The summed E-state index contributed by atoms with van der Waals surface area (Å²) in [7, 11) is 0. The van der Waals surface area contributed by atoms with Crippen molar-refractivity contribution >= 4 is 29.1 Å². The average molecular weight is 362 g/mol. The zero-order chi connectivity index (χ0) is 16.9. The molecule has 0 unspecified atom stereocenters. The average Bonchev–Trinajstić information content (AvgIpc) is 3.04. The fourth-order valence-electron chi connectivity index (χ4n) is 2.13. The van der Waals surface area contributed by atoms with Gasteiger partial charge in [0.2, 0.25) is 5.91 Å². The number of carbonyl (C=O) groups excluding carboxylic acids is 1. The second kappa shape index (κ2) is 7.42. The third-order valence-corrected chi connectivity index (χ3v) is 3.83. The zero-order valence-corrected chi connectivity index (χ0v) is 14.0. The van der Waals surface area contributed by atoms with Crippen molar-refractivity contribution in [3.8, 4) is 5.69 Å². The summed E-state index contributed by atoms with van der Waals surface area (Å²) in [4.78, 5) is 12.0. The molecule has 2 aromatic carbocycles. The van der Waals surface area contributed by atoms with Crippen LogP contribution in [0, 0.1) is 0 Å². The van der Waals surface area contributed by atoms with Crippen LogP contribution in [0.4, 0.5) is 0 Å². The van der Waals surface area contributed by atoms with E-state index in [4.69, 9.17) is 23.2 Å². The summed E-state index contributed by atoms with van der Waals surface area (Å²) in [5.41, 5.74) is 1.65. The first kappa shape index (κ1) is 16.4. The number of hydrogen-bond donors (Lipinski definition) is 1. The molecule has 3 aromatic rings. The van der Waals surface area contributed by atoms with Crippen LogP contribution >= 0.6 is 23.2 Å². The van der Waals surface area contributed by atoms with Gasteiger partial charge in [0.05, 0.1) is 18.7 Å². The number of tetrazole rings is 1. The predicted octanol–water partition coefficient (Wildman–Crippen LogP) is 2.83. The lowest BCUT2D eigenvalue weighted by molar-refractivity contribution is -0.120. The number of rotatable bonds is 5. The lowest BCUT2D eigenvalue weighted by Gasteiger charge is -2.07. The molecule has 1 N–H and O–H groups in total. The van der Waals surface area contributed by atoms with Crippen molar-refractivity contribution in [1.82, 2.24) is 25.5 Å². The first-order valence-electron chi connectivity index (χ1n) is 7.16. The van der Waals surface area contributed by atoms with E-state index >= 15 is 0 Å². The molecular formula is C16H13Cl2N5O. The van der Waals surface area contributed by atoms with Gasteiger partial charge in [-0.3, -0.25) is 4.79 Å². The van der Waals surface area contributed by atoms with Crippen LogP contribution in [0.5, 0.6) is 0 Å². The molecule has 0 bridgehead atoms. The Bertz CT molecular complexity index is 830. The van der Waals surface area contributed by atoms with E-state index in [1.165, 1.54) is 0 Å². The molecule has 1 heterocycles. The van der Waals surface area contributed by atoms with Gasteiger partial charge < -0.3 is 5.32 Å². The maximum atomic E-state index is 12.0. The van der Waals surface area contributed by atoms with Crippen molar-refractivity contribution in [2.45, 2.75) is 13.0 Å². The van der Waals surface area contributed by atoms with Crippen LogP contribution in [0.2, 0.25) is 10.0 Å². The minimum absolute atomic E-state index is 0.122. The number of aromatic nitrogens is 4. The largest absolute Gasteiger partial charge is 0.348 e. The van der Waals surface area contributed by atoms with Crippen molar-refractivity contribution in [2.75, 3.05) is 0 Å². The Morgan fingerprint density at radius 3 is 2.29 bits per heavy atom. The third kappa shape index (κ3) is 4.10. The van der Waals surface area contributed by atoms with Gasteiger partial charge in [-0.1, -0.05) is 35.3 Å². The van der Waals surface area contributed by atoms with Crippen molar-refractivity contribution < 1.29 is 4.79 Å². The summed E-state index contributed by atoms with van der Waals surface area (Å²) < 4.78 is 1.55. The van der Waals surface area contributed by atoms with E-state index in [0.717, 1.165) is 11.3 Å². The quantitative estimate of drug-likeness (QED) is 0.758. The van der Waals surface area contributed by atoms with Crippen LogP contribution in [-0.4, -0.2) is 26.1 Å². The van der Waals surface area contributed by atoms with E-state index < -0.39 is 0 Å². The van der Waals surface area contributed by atoms with Gasteiger partial charge in [-0.15, -0.1) is 5.10 Å². The molecule has 0 aliphatic heterocycles. The molecule has 0 fully saturated rings. The number of hydrogen-bond acceptors (Lipinski definition) is 4. The standard InChI is InChI=1S/C16H13Cl2N5O/c17-12-3-1-11(2-4-12)9-16(24)19-10-15-20-21-22-23(15)14-7-5-13(18)6-8-14/h1-8H,9-10H2,(H,19,24). The highest BCUT2D eigenvalue weighted by Crippen LogP contribution is 2.13. The molecule has 0 atom stereocenters. The number of nitrogens with zero attached hydrogens (tertiary/aromatic N) is 4. The molecular weight excluding hydrogens is 349 g/mol. The van der Waals surface area contributed by atoms with Crippen LogP contribution in [-0.2, 0) is 17.8 Å². The molecule has 0 radical (unpaired) electrons. The smallest absolute Gasteiger partial charge is 0.224 e. The number of amides is 1. The van der Waals surface area contributed by atoms with Crippen molar-refractivity contribution in [3.63, 3.8) is 0 Å². The van der Waals surface area contributed by atoms with Gasteiger partial charge in [0.15, 0.2) is 5.82 Å². The highest BCUT2D eigenvalue weighted by molar-refractivity contribution is 6.30. The van der Waals surface area contributed by atoms with Crippen LogP contribution in [0.3, 0.4) is 0 Å². The molecule has 6 nitrogen and oxygen atoms in total. The second-order valence-corrected chi connectivity index (χ2v) is 5.94. The van der Waals surface area contributed by atoms with Gasteiger partial charge in [0.25, 0.3) is 0 Å². The van der Waals surface area contributed by atoms with Crippen LogP contribution in [0.1, 0.15) is 11.4 Å². The molecule has 0 aliphatic carbocycles. The lowest BCUT2D eigenvalue weighted by atomic mass is 10.1. The first-order valence-corrected chi connectivity index (χ1v) is 7.92. The number of carbonyl (C=O) groups is 1. The highest BCUT2D eigenvalue weighted by Gasteiger charge is 2.10. The second-order valence-electron chi connectivity index (χ2n) is 5.06. The van der Waals surface area contributed by atoms with E-state index in [1.807, 2.05) is 12.1 Å². The fraction of sp³-hybridized carbons (Fsp3) is 0.125. The maximum absolute atomic E-state index is 12.0. The Morgan fingerprint density at radius 2 is 1.62 bits per heavy atom. The normalized spacial score (nSPS) is 10.6. The molecule has 0 saturated carbocycles. The van der Waals surface area contributed by atoms with Gasteiger partial charge in [0.1, 0.15) is 0 Å². The summed E-state index contributed by atoms with van der Waals surface area (Å²) in [6, 6.07) is 14.3. The Morgan fingerprint density at radius 1 is 1.00 bits per heavy atom. The molecule has 1 aromatic heterocycles. The molecule has 8 heteroatoms. The molecule has 3 rings (SSSR count). The Kier molecular flexibility index (Phi) is 5.08. The van der Waals surface area contributed by atoms with Crippen molar-refractivity contribution in [2.24, 2.45) is 0 Å². The van der Waals surface area contributed by atoms with Crippen molar-refractivity contribution in [1.29, 1.82) is 0 Å². The maximum Gasteiger partial charge on any atom is 0.224 e. The Hall–Kier alpha value is -2.44. The summed E-state index contributed by atoms with van der Waals surface area (Å²) in [6.07, 6.45) is 0.264. The van der Waals surface area contributed by atoms with Gasteiger partial charge >= 0.3 is 0 Å². The van der Waals surface area contributed by atoms with Crippen LogP contribution in [0.25, 0.3) is 5.69 Å². The molecule has 0 saturated heterocycles. The SMILES string of the molecule is O=C(Cc1ccc(Cl)cc1)NCc1nnnn1-c1ccc(Cl)cc1. The summed E-state index contributed by atoms with van der Waals surface area (Å²) >= 11 is 11.7. The summed E-state index contributed by atoms with van der Waals surface area (Å²) in [5, 5.41) is 15.6. The minimum atomic E-state index is -0.122. The summed E-state index contributed by atoms with van der Waals surface area (Å²) in [5.74, 6) is 0.407. The Balaban J connectivity index is 1.63. The number of benzene rings is 2. The molecule has 0 spiro atoms. The van der Waals surface area contributed by atoms with Gasteiger partial charge in [-0.05, 0) is 52.4 Å². The molecule has 1 amide bonds. The van der Waals surface area contributed by atoms with Gasteiger partial charge in [-0.25, -0.2) is 0 Å². The molecule has 24 heavy (non-hydrogen) atoms. The zero-order valence-electron chi connectivity index (χ0n) is 12.5. The van der Waals surface area contributed by atoms with Crippen LogP contribution in [0.15, 0.2) is 48.5 Å². The van der Waals surface area contributed by atoms with E-state index in [1.54, 1.807) is 41.1 Å². The first-order chi connectivity index (χ1) is 11.6. The fourth-order valence-corrected chi connectivity index (χ4v) is 2.38. The van der Waals surface area contributed by atoms with Crippen LogP contribution < -0.4 is 5.32 Å². The number of halogens is 2. The number of nitrogens with one attached hydrogen (secondary N) is 1. The van der Waals surface area contributed by atoms with Gasteiger partial charge in [-0.2, -0.15) is 4.68 Å². The predicted molar refractivity (Wildman–Crippen MR) is 91.2 cm³/mol. The summed E-state index contributed by atoms with van der Waals surface area (Å²) in [6.45, 7) is 0.224. The third-order valence-electron chi connectivity index (χ3n) is 3.33. The monoisotopic (exact) mass is 361 g/mol. The van der Waals surface area contributed by atoms with Crippen molar-refractivity contribution in [3.05, 3.63) is 70.0 Å². The van der Waals surface area contributed by atoms with Gasteiger partial charge in [0, 0.05) is 10.0 Å². The Labute approximate surface area is 148 Å². The topological polar surface area (TPSA) is 72.7 Å². The van der Waals surface area contributed by atoms with E-state index in [9.17, 15) is 4.79 Å². The minimum Gasteiger partial charge on any atom is -0.348 e. The van der Waals surface area contributed by atoms with E-state index in [0.29, 0.717) is 15.9 Å². The lowest BCUT2D eigenvalue weighted by Crippen LogP contribution is -2.26. The van der Waals surface area contributed by atoms with E-state index in [-0.39, 0.29) is 18.9 Å². The highest BCUT2D eigenvalue weighted by atomic mass is 35.5. The van der Waals surface area contributed by atoms with E-state index in [2.05, 4.69) is 20.8 Å². The molecule has 0 aliphatic rings.